The Labute approximate surface area is 125 Å². The number of hydrogen-bond acceptors (Lipinski definition) is 2. The molecule has 1 fully saturated rings. The van der Waals surface area contributed by atoms with Crippen molar-refractivity contribution in [1.29, 1.82) is 0 Å². The summed E-state index contributed by atoms with van der Waals surface area (Å²) in [5, 5.41) is 9.90. The Morgan fingerprint density at radius 3 is 2.71 bits per heavy atom. The second kappa shape index (κ2) is 6.57. The maximum atomic E-state index is 12.2. The highest BCUT2D eigenvalue weighted by atomic mass is 16.1. The minimum Gasteiger partial charge on any atom is -0.349 e. The van der Waals surface area contributed by atoms with Crippen molar-refractivity contribution in [3.8, 4) is 0 Å². The van der Waals surface area contributed by atoms with E-state index in [1.54, 1.807) is 6.20 Å². The smallest absolute Gasteiger partial charge is 0.226 e. The van der Waals surface area contributed by atoms with E-state index in [1.165, 1.54) is 24.8 Å². The average Bonchev–Trinajstić information content (AvgIpc) is 2.95. The molecule has 1 saturated carbocycles. The van der Waals surface area contributed by atoms with Crippen LogP contribution in [0.15, 0.2) is 42.6 Å². The monoisotopic (exact) mass is 283 g/mol. The van der Waals surface area contributed by atoms with E-state index in [2.05, 4.69) is 27.6 Å². The van der Waals surface area contributed by atoms with E-state index in [-0.39, 0.29) is 11.9 Å². The van der Waals surface area contributed by atoms with Gasteiger partial charge in [0.15, 0.2) is 0 Å². The lowest BCUT2D eigenvalue weighted by atomic mass is 9.79. The van der Waals surface area contributed by atoms with E-state index in [4.69, 9.17) is 0 Å². The molecule has 1 aromatic heterocycles. The van der Waals surface area contributed by atoms with Crippen LogP contribution in [0, 0.1) is 5.92 Å². The van der Waals surface area contributed by atoms with Gasteiger partial charge in [-0.05, 0) is 24.0 Å². The highest BCUT2D eigenvalue weighted by Gasteiger charge is 2.24. The molecule has 2 aromatic rings. The number of aromatic amines is 1. The summed E-state index contributed by atoms with van der Waals surface area (Å²) in [5.74, 6) is 0.801. The van der Waals surface area contributed by atoms with Gasteiger partial charge in [-0.3, -0.25) is 9.89 Å². The number of H-pyrrole nitrogens is 1. The quantitative estimate of drug-likeness (QED) is 0.856. The number of rotatable bonds is 6. The lowest BCUT2D eigenvalue weighted by molar-refractivity contribution is -0.121. The predicted molar refractivity (Wildman–Crippen MR) is 81.6 cm³/mol. The summed E-state index contributed by atoms with van der Waals surface area (Å²) in [6.07, 6.45) is 6.98. The minimum atomic E-state index is 0.0485. The van der Waals surface area contributed by atoms with Gasteiger partial charge in [0.1, 0.15) is 0 Å². The predicted octanol–water partition coefficient (Wildman–Crippen LogP) is 3.00. The van der Waals surface area contributed by atoms with Gasteiger partial charge >= 0.3 is 0 Å². The molecule has 0 bridgehead atoms. The molecule has 1 heterocycles. The third-order valence-electron chi connectivity index (χ3n) is 4.24. The Morgan fingerprint density at radius 2 is 2.10 bits per heavy atom. The van der Waals surface area contributed by atoms with Crippen LogP contribution in [-0.2, 0) is 11.2 Å². The van der Waals surface area contributed by atoms with Crippen molar-refractivity contribution in [3.63, 3.8) is 0 Å². The van der Waals surface area contributed by atoms with Gasteiger partial charge in [0.05, 0.1) is 12.5 Å². The van der Waals surface area contributed by atoms with Gasteiger partial charge in [0.2, 0.25) is 5.91 Å². The zero-order valence-electron chi connectivity index (χ0n) is 12.1. The van der Waals surface area contributed by atoms with E-state index >= 15 is 0 Å². The summed E-state index contributed by atoms with van der Waals surface area (Å²) in [4.78, 5) is 12.2. The molecule has 2 N–H and O–H groups in total. The number of amides is 1. The third-order valence-corrected chi connectivity index (χ3v) is 4.24. The highest BCUT2D eigenvalue weighted by Crippen LogP contribution is 2.34. The fourth-order valence-corrected chi connectivity index (χ4v) is 2.83. The van der Waals surface area contributed by atoms with Crippen LogP contribution in [0.1, 0.15) is 43.0 Å². The SMILES string of the molecule is O=C(Cc1ccn[nH]1)N[C@H](CC1CCC1)c1ccccc1. The molecule has 0 aliphatic heterocycles. The third kappa shape index (κ3) is 3.72. The Balaban J connectivity index is 1.65. The molecule has 0 unspecified atom stereocenters. The fourth-order valence-electron chi connectivity index (χ4n) is 2.83. The van der Waals surface area contributed by atoms with E-state index in [0.717, 1.165) is 18.0 Å². The number of hydrogen-bond donors (Lipinski definition) is 2. The van der Waals surface area contributed by atoms with Crippen LogP contribution in [0.25, 0.3) is 0 Å². The number of nitrogens with one attached hydrogen (secondary N) is 2. The maximum Gasteiger partial charge on any atom is 0.226 e. The zero-order valence-corrected chi connectivity index (χ0v) is 12.1. The first-order valence-electron chi connectivity index (χ1n) is 7.64. The number of carbonyl (C=O) groups excluding carboxylic acids is 1. The standard InChI is InChI=1S/C17H21N3O/c21-17(12-15-9-10-18-20-15)19-16(11-13-5-4-6-13)14-7-2-1-3-8-14/h1-3,7-10,13,16H,4-6,11-12H2,(H,18,20)(H,19,21)/t16-/m1/s1. The van der Waals surface area contributed by atoms with Crippen LogP contribution in [0.4, 0.5) is 0 Å². The van der Waals surface area contributed by atoms with E-state index in [0.29, 0.717) is 6.42 Å². The second-order valence-electron chi connectivity index (χ2n) is 5.82. The Kier molecular flexibility index (Phi) is 4.34. The number of aromatic nitrogens is 2. The normalized spacial score (nSPS) is 16.2. The van der Waals surface area contributed by atoms with Crippen molar-refractivity contribution in [2.24, 2.45) is 5.92 Å². The number of carbonyl (C=O) groups is 1. The van der Waals surface area contributed by atoms with E-state index in [1.807, 2.05) is 24.3 Å². The Bertz CT molecular complexity index is 561. The summed E-state index contributed by atoms with van der Waals surface area (Å²) >= 11 is 0. The van der Waals surface area contributed by atoms with Crippen molar-refractivity contribution in [1.82, 2.24) is 15.5 Å². The van der Waals surface area contributed by atoms with Crippen LogP contribution in [0.3, 0.4) is 0 Å². The molecule has 3 rings (SSSR count). The molecule has 0 spiro atoms. The van der Waals surface area contributed by atoms with E-state index < -0.39 is 0 Å². The summed E-state index contributed by atoms with van der Waals surface area (Å²) in [6.45, 7) is 0. The van der Waals surface area contributed by atoms with Gasteiger partial charge in [-0.1, -0.05) is 49.6 Å². The molecule has 0 radical (unpaired) electrons. The topological polar surface area (TPSA) is 57.8 Å². The molecular formula is C17H21N3O. The molecule has 4 nitrogen and oxygen atoms in total. The lowest BCUT2D eigenvalue weighted by Crippen LogP contribution is -2.32. The van der Waals surface area contributed by atoms with Gasteiger partial charge in [0.25, 0.3) is 0 Å². The number of benzene rings is 1. The molecule has 21 heavy (non-hydrogen) atoms. The fraction of sp³-hybridized carbons (Fsp3) is 0.412. The van der Waals surface area contributed by atoms with Gasteiger partial charge in [-0.25, -0.2) is 0 Å². The second-order valence-corrected chi connectivity index (χ2v) is 5.82. The van der Waals surface area contributed by atoms with E-state index in [9.17, 15) is 4.79 Å². The van der Waals surface area contributed by atoms with Crippen LogP contribution < -0.4 is 5.32 Å². The largest absolute Gasteiger partial charge is 0.349 e. The summed E-state index contributed by atoms with van der Waals surface area (Å²) in [5.41, 5.74) is 2.05. The molecule has 4 heteroatoms. The van der Waals surface area contributed by atoms with Gasteiger partial charge in [-0.15, -0.1) is 0 Å². The Hall–Kier alpha value is -2.10. The summed E-state index contributed by atoms with van der Waals surface area (Å²) < 4.78 is 0. The highest BCUT2D eigenvalue weighted by molar-refractivity contribution is 5.78. The van der Waals surface area contributed by atoms with Crippen LogP contribution in [0.2, 0.25) is 0 Å². The van der Waals surface area contributed by atoms with Crippen molar-refractivity contribution in [2.45, 2.75) is 38.1 Å². The molecular weight excluding hydrogens is 262 g/mol. The van der Waals surface area contributed by atoms with Crippen molar-refractivity contribution >= 4 is 5.91 Å². The first-order valence-corrected chi connectivity index (χ1v) is 7.64. The van der Waals surface area contributed by atoms with Crippen LogP contribution in [0.5, 0.6) is 0 Å². The molecule has 1 aromatic carbocycles. The summed E-state index contributed by atoms with van der Waals surface area (Å²) in [7, 11) is 0. The van der Waals surface area contributed by atoms with Crippen molar-refractivity contribution in [3.05, 3.63) is 53.9 Å². The van der Waals surface area contributed by atoms with Gasteiger partial charge in [-0.2, -0.15) is 5.10 Å². The first-order chi connectivity index (χ1) is 10.3. The molecule has 0 saturated heterocycles. The Morgan fingerprint density at radius 1 is 1.29 bits per heavy atom. The van der Waals surface area contributed by atoms with Crippen LogP contribution in [-0.4, -0.2) is 16.1 Å². The van der Waals surface area contributed by atoms with Crippen molar-refractivity contribution < 1.29 is 4.79 Å². The van der Waals surface area contributed by atoms with Crippen molar-refractivity contribution in [2.75, 3.05) is 0 Å². The molecule has 1 amide bonds. The van der Waals surface area contributed by atoms with Gasteiger partial charge in [0, 0.05) is 11.9 Å². The van der Waals surface area contributed by atoms with Crippen LogP contribution >= 0.6 is 0 Å². The average molecular weight is 283 g/mol. The molecule has 1 atom stereocenters. The lowest BCUT2D eigenvalue weighted by Gasteiger charge is -2.30. The molecule has 1 aliphatic rings. The first kappa shape index (κ1) is 13.9. The molecule has 1 aliphatic carbocycles. The van der Waals surface area contributed by atoms with Gasteiger partial charge < -0.3 is 5.32 Å². The summed E-state index contributed by atoms with van der Waals surface area (Å²) in [6, 6.07) is 12.2. The zero-order chi connectivity index (χ0) is 14.5. The minimum absolute atomic E-state index is 0.0485. The maximum absolute atomic E-state index is 12.2. The molecule has 110 valence electrons. The number of nitrogens with zero attached hydrogens (tertiary/aromatic N) is 1.